The molecule has 1 aromatic carbocycles. The van der Waals surface area contributed by atoms with Crippen molar-refractivity contribution in [3.8, 4) is 17.0 Å². The molecule has 0 bridgehead atoms. The SMILES string of the molecule is CNc1nc(C)nnc1-c1cc(F)c(OC)cc1F. The molecule has 2 aromatic rings. The minimum atomic E-state index is -0.677. The van der Waals surface area contributed by atoms with E-state index < -0.39 is 11.6 Å². The molecule has 0 aliphatic carbocycles. The molecule has 0 unspecified atom stereocenters. The van der Waals surface area contributed by atoms with Gasteiger partial charge in [-0.1, -0.05) is 0 Å². The van der Waals surface area contributed by atoms with Gasteiger partial charge >= 0.3 is 0 Å². The molecular weight excluding hydrogens is 254 g/mol. The molecule has 0 atom stereocenters. The number of benzene rings is 1. The smallest absolute Gasteiger partial charge is 0.165 e. The van der Waals surface area contributed by atoms with E-state index in [4.69, 9.17) is 4.74 Å². The van der Waals surface area contributed by atoms with Crippen LogP contribution >= 0.6 is 0 Å². The van der Waals surface area contributed by atoms with Gasteiger partial charge in [0.05, 0.1) is 7.11 Å². The highest BCUT2D eigenvalue weighted by Crippen LogP contribution is 2.30. The van der Waals surface area contributed by atoms with Gasteiger partial charge in [-0.3, -0.25) is 0 Å². The van der Waals surface area contributed by atoms with Crippen LogP contribution in [0.4, 0.5) is 14.6 Å². The second-order valence-corrected chi connectivity index (χ2v) is 3.77. The van der Waals surface area contributed by atoms with Crippen LogP contribution in [-0.4, -0.2) is 29.3 Å². The van der Waals surface area contributed by atoms with Crippen molar-refractivity contribution in [1.29, 1.82) is 0 Å². The van der Waals surface area contributed by atoms with Gasteiger partial charge in [-0.2, -0.15) is 0 Å². The minimum Gasteiger partial charge on any atom is -0.494 e. The molecule has 0 aliphatic rings. The van der Waals surface area contributed by atoms with Crippen molar-refractivity contribution in [1.82, 2.24) is 15.2 Å². The van der Waals surface area contributed by atoms with Crippen molar-refractivity contribution in [2.45, 2.75) is 6.92 Å². The van der Waals surface area contributed by atoms with Gasteiger partial charge in [0.15, 0.2) is 17.4 Å². The Kier molecular flexibility index (Phi) is 3.55. The number of methoxy groups -OCH3 is 1. The van der Waals surface area contributed by atoms with Crippen LogP contribution in [0.1, 0.15) is 5.82 Å². The quantitative estimate of drug-likeness (QED) is 0.922. The summed E-state index contributed by atoms with van der Waals surface area (Å²) in [6.07, 6.45) is 0. The van der Waals surface area contributed by atoms with E-state index in [1.807, 2.05) is 0 Å². The number of nitrogens with one attached hydrogen (secondary N) is 1. The Morgan fingerprint density at radius 3 is 2.53 bits per heavy atom. The molecule has 1 heterocycles. The molecule has 0 saturated carbocycles. The van der Waals surface area contributed by atoms with Crippen LogP contribution in [-0.2, 0) is 0 Å². The topological polar surface area (TPSA) is 59.9 Å². The summed E-state index contributed by atoms with van der Waals surface area (Å²) >= 11 is 0. The van der Waals surface area contributed by atoms with E-state index in [1.165, 1.54) is 7.11 Å². The third-order valence-electron chi connectivity index (χ3n) is 2.53. The van der Waals surface area contributed by atoms with Gasteiger partial charge in [-0.15, -0.1) is 10.2 Å². The molecule has 0 saturated heterocycles. The fourth-order valence-electron chi connectivity index (χ4n) is 1.63. The van der Waals surface area contributed by atoms with Gasteiger partial charge in [0.2, 0.25) is 0 Å². The lowest BCUT2D eigenvalue weighted by atomic mass is 10.1. The normalized spacial score (nSPS) is 10.4. The zero-order valence-electron chi connectivity index (χ0n) is 10.7. The maximum absolute atomic E-state index is 13.9. The summed E-state index contributed by atoms with van der Waals surface area (Å²) in [7, 11) is 2.88. The number of hydrogen-bond acceptors (Lipinski definition) is 5. The summed E-state index contributed by atoms with van der Waals surface area (Å²) in [6.45, 7) is 1.66. The lowest BCUT2D eigenvalue weighted by molar-refractivity contribution is 0.383. The lowest BCUT2D eigenvalue weighted by Crippen LogP contribution is -2.04. The van der Waals surface area contributed by atoms with Crippen LogP contribution in [0, 0.1) is 18.6 Å². The predicted molar refractivity (Wildman–Crippen MR) is 66.0 cm³/mol. The van der Waals surface area contributed by atoms with E-state index in [9.17, 15) is 8.78 Å². The maximum atomic E-state index is 13.9. The first-order valence-corrected chi connectivity index (χ1v) is 5.49. The molecule has 1 N–H and O–H groups in total. The Bertz CT molecular complexity index is 619. The maximum Gasteiger partial charge on any atom is 0.165 e. The van der Waals surface area contributed by atoms with Gasteiger partial charge in [-0.05, 0) is 13.0 Å². The third-order valence-corrected chi connectivity index (χ3v) is 2.53. The van der Waals surface area contributed by atoms with Gasteiger partial charge in [0.1, 0.15) is 17.3 Å². The van der Waals surface area contributed by atoms with Crippen LogP contribution in [0.3, 0.4) is 0 Å². The van der Waals surface area contributed by atoms with Gasteiger partial charge < -0.3 is 10.1 Å². The lowest BCUT2D eigenvalue weighted by Gasteiger charge is -2.09. The fraction of sp³-hybridized carbons (Fsp3) is 0.250. The van der Waals surface area contributed by atoms with Crippen LogP contribution < -0.4 is 10.1 Å². The van der Waals surface area contributed by atoms with Crippen LogP contribution in [0.5, 0.6) is 5.75 Å². The standard InChI is InChI=1S/C12H12F2N4O/c1-6-16-12(15-2)11(18-17-6)7-4-9(14)10(19-3)5-8(7)13/h4-5H,1-3H3,(H,15,16,17). The molecule has 19 heavy (non-hydrogen) atoms. The number of anilines is 1. The zero-order chi connectivity index (χ0) is 14.0. The number of aromatic nitrogens is 3. The first kappa shape index (κ1) is 13.1. The van der Waals surface area contributed by atoms with Crippen molar-refractivity contribution >= 4 is 5.82 Å². The highest BCUT2D eigenvalue weighted by molar-refractivity contribution is 5.71. The first-order valence-electron chi connectivity index (χ1n) is 5.49. The molecule has 7 heteroatoms. The second-order valence-electron chi connectivity index (χ2n) is 3.77. The molecule has 2 rings (SSSR count). The van der Waals surface area contributed by atoms with Crippen LogP contribution in [0.2, 0.25) is 0 Å². The van der Waals surface area contributed by atoms with Crippen molar-refractivity contribution in [2.75, 3.05) is 19.5 Å². The van der Waals surface area contributed by atoms with Crippen LogP contribution in [0.25, 0.3) is 11.3 Å². The molecule has 0 fully saturated rings. The summed E-state index contributed by atoms with van der Waals surface area (Å²) < 4.78 is 32.3. The van der Waals surface area contributed by atoms with Crippen molar-refractivity contribution in [2.24, 2.45) is 0 Å². The van der Waals surface area contributed by atoms with E-state index >= 15 is 0 Å². The van der Waals surface area contributed by atoms with Crippen molar-refractivity contribution in [3.63, 3.8) is 0 Å². The monoisotopic (exact) mass is 266 g/mol. The van der Waals surface area contributed by atoms with E-state index in [-0.39, 0.29) is 17.0 Å². The summed E-state index contributed by atoms with van der Waals surface area (Å²) in [5.41, 5.74) is 0.120. The number of hydrogen-bond donors (Lipinski definition) is 1. The molecule has 5 nitrogen and oxygen atoms in total. The number of nitrogens with zero attached hydrogens (tertiary/aromatic N) is 3. The Labute approximate surface area is 108 Å². The van der Waals surface area contributed by atoms with Crippen molar-refractivity contribution < 1.29 is 13.5 Å². The second kappa shape index (κ2) is 5.13. The number of ether oxygens (including phenoxy) is 1. The largest absolute Gasteiger partial charge is 0.494 e. The Morgan fingerprint density at radius 2 is 1.89 bits per heavy atom. The molecule has 1 aromatic heterocycles. The molecule has 0 spiro atoms. The average molecular weight is 266 g/mol. The highest BCUT2D eigenvalue weighted by atomic mass is 19.1. The Morgan fingerprint density at radius 1 is 1.16 bits per heavy atom. The average Bonchev–Trinajstić information content (AvgIpc) is 2.41. The van der Waals surface area contributed by atoms with E-state index in [2.05, 4.69) is 20.5 Å². The first-order chi connectivity index (χ1) is 9.06. The van der Waals surface area contributed by atoms with Crippen molar-refractivity contribution in [3.05, 3.63) is 29.6 Å². The van der Waals surface area contributed by atoms with E-state index in [0.29, 0.717) is 11.6 Å². The molecule has 100 valence electrons. The van der Waals surface area contributed by atoms with Gasteiger partial charge in [0, 0.05) is 18.7 Å². The van der Waals surface area contributed by atoms with Gasteiger partial charge in [-0.25, -0.2) is 13.8 Å². The number of rotatable bonds is 3. The predicted octanol–water partition coefficient (Wildman–Crippen LogP) is 2.18. The fourth-order valence-corrected chi connectivity index (χ4v) is 1.63. The van der Waals surface area contributed by atoms with Crippen LogP contribution in [0.15, 0.2) is 12.1 Å². The third kappa shape index (κ3) is 2.44. The summed E-state index contributed by atoms with van der Waals surface area (Å²) in [5.74, 6) is -0.739. The molecular formula is C12H12F2N4O. The summed E-state index contributed by atoms with van der Waals surface area (Å²) in [6, 6.07) is 1.97. The minimum absolute atomic E-state index is 0.0253. The summed E-state index contributed by atoms with van der Waals surface area (Å²) in [5, 5.41) is 10.4. The molecule has 0 aliphatic heterocycles. The molecule has 0 radical (unpaired) electrons. The Hall–Kier alpha value is -2.31. The van der Waals surface area contributed by atoms with E-state index in [1.54, 1.807) is 14.0 Å². The highest BCUT2D eigenvalue weighted by Gasteiger charge is 2.17. The number of halogens is 2. The van der Waals surface area contributed by atoms with E-state index in [0.717, 1.165) is 12.1 Å². The summed E-state index contributed by atoms with van der Waals surface area (Å²) in [4.78, 5) is 4.08. The molecule has 0 amide bonds. The Balaban J connectivity index is 2.62. The zero-order valence-corrected chi connectivity index (χ0v) is 10.7. The van der Waals surface area contributed by atoms with Gasteiger partial charge in [0.25, 0.3) is 0 Å². The number of aryl methyl sites for hydroxylation is 1.